The van der Waals surface area contributed by atoms with Crippen LogP contribution in [0.5, 0.6) is 0 Å². The molecule has 0 saturated carbocycles. The molecule has 1 aliphatic rings. The Kier molecular flexibility index (Phi) is 4.83. The Bertz CT molecular complexity index is 874. The minimum Gasteiger partial charge on any atom is -0.467 e. The Morgan fingerprint density at radius 1 is 1.19 bits per heavy atom. The summed E-state index contributed by atoms with van der Waals surface area (Å²) in [7, 11) is -3.23. The van der Waals surface area contributed by atoms with Crippen LogP contribution in [-0.4, -0.2) is 36.8 Å². The highest BCUT2D eigenvalue weighted by Crippen LogP contribution is 2.30. The van der Waals surface area contributed by atoms with Crippen molar-refractivity contribution in [2.75, 3.05) is 11.5 Å². The van der Waals surface area contributed by atoms with Gasteiger partial charge in [0.25, 0.3) is 5.91 Å². The molecule has 1 aromatic carbocycles. The third-order valence-electron chi connectivity index (χ3n) is 4.28. The summed E-state index contributed by atoms with van der Waals surface area (Å²) in [6, 6.07) is 6.62. The van der Waals surface area contributed by atoms with Gasteiger partial charge in [-0.1, -0.05) is 0 Å². The normalized spacial score (nSPS) is 19.4. The van der Waals surface area contributed by atoms with E-state index in [1.807, 2.05) is 0 Å². The topological polar surface area (TPSA) is 67.6 Å². The second-order valence-electron chi connectivity index (χ2n) is 6.14. The second-order valence-corrected chi connectivity index (χ2v) is 8.37. The summed E-state index contributed by atoms with van der Waals surface area (Å²) in [6.45, 7) is 0.0487. The van der Waals surface area contributed by atoms with Gasteiger partial charge in [-0.05, 0) is 42.8 Å². The van der Waals surface area contributed by atoms with Crippen LogP contribution in [0, 0.1) is 0 Å². The summed E-state index contributed by atoms with van der Waals surface area (Å²) in [5, 5.41) is 0. The van der Waals surface area contributed by atoms with Crippen molar-refractivity contribution in [3.05, 3.63) is 59.5 Å². The Hall–Kier alpha value is -2.29. The third-order valence-corrected chi connectivity index (χ3v) is 6.03. The van der Waals surface area contributed by atoms with E-state index in [4.69, 9.17) is 4.42 Å². The van der Waals surface area contributed by atoms with Crippen molar-refractivity contribution in [3.8, 4) is 0 Å². The van der Waals surface area contributed by atoms with Crippen molar-refractivity contribution >= 4 is 15.7 Å². The molecule has 0 spiro atoms. The zero-order valence-corrected chi connectivity index (χ0v) is 14.4. The number of rotatable bonds is 4. The smallest absolute Gasteiger partial charge is 0.416 e. The van der Waals surface area contributed by atoms with E-state index >= 15 is 0 Å². The Morgan fingerprint density at radius 3 is 2.38 bits per heavy atom. The number of nitrogens with zero attached hydrogens (tertiary/aromatic N) is 1. The standard InChI is InChI=1S/C17H16F3NO4S/c18-17(19,20)13-5-3-12(4-6-13)16(22)21(10-15-2-1-8-25-15)14-7-9-26(23,24)11-14/h1-6,8,14H,7,9-11H2/t14-/m1/s1. The molecule has 1 saturated heterocycles. The fraction of sp³-hybridized carbons (Fsp3) is 0.353. The lowest BCUT2D eigenvalue weighted by Gasteiger charge is -2.27. The largest absolute Gasteiger partial charge is 0.467 e. The molecule has 3 rings (SSSR count). The van der Waals surface area contributed by atoms with Gasteiger partial charge in [-0.25, -0.2) is 8.42 Å². The van der Waals surface area contributed by atoms with Crippen LogP contribution in [0.25, 0.3) is 0 Å². The summed E-state index contributed by atoms with van der Waals surface area (Å²) < 4.78 is 66.8. The maximum Gasteiger partial charge on any atom is 0.416 e. The lowest BCUT2D eigenvalue weighted by molar-refractivity contribution is -0.137. The molecular formula is C17H16F3NO4S. The zero-order chi connectivity index (χ0) is 18.9. The highest BCUT2D eigenvalue weighted by molar-refractivity contribution is 7.91. The summed E-state index contributed by atoms with van der Waals surface area (Å²) in [6.07, 6.45) is -2.77. The van der Waals surface area contributed by atoms with Crippen molar-refractivity contribution in [1.82, 2.24) is 4.90 Å². The van der Waals surface area contributed by atoms with Gasteiger partial charge in [-0.2, -0.15) is 13.2 Å². The first-order chi connectivity index (χ1) is 12.2. The monoisotopic (exact) mass is 387 g/mol. The van der Waals surface area contributed by atoms with Gasteiger partial charge in [0.05, 0.1) is 29.9 Å². The maximum atomic E-state index is 12.8. The van der Waals surface area contributed by atoms with Gasteiger partial charge in [0, 0.05) is 11.6 Å². The fourth-order valence-electron chi connectivity index (χ4n) is 2.93. The molecule has 2 aromatic rings. The number of hydrogen-bond acceptors (Lipinski definition) is 4. The minimum atomic E-state index is -4.49. The molecule has 0 radical (unpaired) electrons. The van der Waals surface area contributed by atoms with Crippen LogP contribution in [0.1, 0.15) is 28.1 Å². The van der Waals surface area contributed by atoms with E-state index in [1.54, 1.807) is 12.1 Å². The summed E-state index contributed by atoms with van der Waals surface area (Å²) in [4.78, 5) is 14.2. The summed E-state index contributed by atoms with van der Waals surface area (Å²) in [5.74, 6) is -0.251. The molecule has 1 fully saturated rings. The van der Waals surface area contributed by atoms with E-state index in [1.165, 1.54) is 11.2 Å². The van der Waals surface area contributed by atoms with Gasteiger partial charge in [0.15, 0.2) is 9.84 Å². The molecule has 1 aliphatic heterocycles. The highest BCUT2D eigenvalue weighted by atomic mass is 32.2. The van der Waals surface area contributed by atoms with Crippen molar-refractivity contribution in [2.24, 2.45) is 0 Å². The number of alkyl halides is 3. The first-order valence-electron chi connectivity index (χ1n) is 7.87. The van der Waals surface area contributed by atoms with E-state index < -0.39 is 33.5 Å². The number of benzene rings is 1. The average molecular weight is 387 g/mol. The molecule has 0 N–H and O–H groups in total. The molecule has 0 bridgehead atoms. The maximum absolute atomic E-state index is 12.8. The first-order valence-corrected chi connectivity index (χ1v) is 9.69. The number of carbonyl (C=O) groups excluding carboxylic acids is 1. The molecule has 5 nitrogen and oxygen atoms in total. The number of sulfone groups is 1. The number of amides is 1. The minimum absolute atomic E-state index is 0.0212. The van der Waals surface area contributed by atoms with Crippen LogP contribution in [-0.2, 0) is 22.6 Å². The van der Waals surface area contributed by atoms with Crippen molar-refractivity contribution in [2.45, 2.75) is 25.2 Å². The molecule has 1 amide bonds. The van der Waals surface area contributed by atoms with E-state index in [0.29, 0.717) is 5.76 Å². The molecule has 9 heteroatoms. The Labute approximate surface area is 148 Å². The van der Waals surface area contributed by atoms with Crippen LogP contribution < -0.4 is 0 Å². The number of carbonyl (C=O) groups is 1. The predicted octanol–water partition coefficient (Wildman–Crippen LogP) is 3.13. The lowest BCUT2D eigenvalue weighted by Crippen LogP contribution is -2.40. The van der Waals surface area contributed by atoms with Crippen LogP contribution >= 0.6 is 0 Å². The van der Waals surface area contributed by atoms with E-state index in [0.717, 1.165) is 24.3 Å². The number of hydrogen-bond donors (Lipinski definition) is 0. The van der Waals surface area contributed by atoms with Crippen molar-refractivity contribution < 1.29 is 30.8 Å². The third kappa shape index (κ3) is 4.09. The number of furan rings is 1. The van der Waals surface area contributed by atoms with E-state index in [9.17, 15) is 26.4 Å². The van der Waals surface area contributed by atoms with Gasteiger partial charge >= 0.3 is 6.18 Å². The Morgan fingerprint density at radius 2 is 1.88 bits per heavy atom. The van der Waals surface area contributed by atoms with Gasteiger partial charge < -0.3 is 9.32 Å². The molecule has 2 heterocycles. The molecule has 1 atom stereocenters. The molecular weight excluding hydrogens is 371 g/mol. The van der Waals surface area contributed by atoms with Crippen LogP contribution in [0.15, 0.2) is 47.1 Å². The second kappa shape index (κ2) is 6.79. The van der Waals surface area contributed by atoms with Gasteiger partial charge in [-0.15, -0.1) is 0 Å². The van der Waals surface area contributed by atoms with Gasteiger partial charge in [0.2, 0.25) is 0 Å². The number of halogens is 3. The van der Waals surface area contributed by atoms with Crippen LogP contribution in [0.2, 0.25) is 0 Å². The van der Waals surface area contributed by atoms with Crippen LogP contribution in [0.4, 0.5) is 13.2 Å². The van der Waals surface area contributed by atoms with E-state index in [2.05, 4.69) is 0 Å². The van der Waals surface area contributed by atoms with Gasteiger partial charge in [0.1, 0.15) is 5.76 Å². The van der Waals surface area contributed by atoms with E-state index in [-0.39, 0.29) is 30.0 Å². The SMILES string of the molecule is O=C(c1ccc(C(F)(F)F)cc1)N(Cc1ccco1)[C@@H]1CCS(=O)(=O)C1. The van der Waals surface area contributed by atoms with Crippen molar-refractivity contribution in [3.63, 3.8) is 0 Å². The van der Waals surface area contributed by atoms with Gasteiger partial charge in [-0.3, -0.25) is 4.79 Å². The zero-order valence-electron chi connectivity index (χ0n) is 13.6. The van der Waals surface area contributed by atoms with Crippen molar-refractivity contribution in [1.29, 1.82) is 0 Å². The molecule has 26 heavy (non-hydrogen) atoms. The average Bonchev–Trinajstić information content (AvgIpc) is 3.20. The molecule has 0 aliphatic carbocycles. The lowest BCUT2D eigenvalue weighted by atomic mass is 10.1. The first kappa shape index (κ1) is 18.5. The molecule has 1 aromatic heterocycles. The Balaban J connectivity index is 1.87. The molecule has 0 unspecified atom stereocenters. The highest BCUT2D eigenvalue weighted by Gasteiger charge is 2.36. The summed E-state index contributed by atoms with van der Waals surface area (Å²) >= 11 is 0. The fourth-order valence-corrected chi connectivity index (χ4v) is 4.66. The summed E-state index contributed by atoms with van der Waals surface area (Å²) in [5.41, 5.74) is -0.788. The predicted molar refractivity (Wildman–Crippen MR) is 87.1 cm³/mol. The van der Waals surface area contributed by atoms with Crippen LogP contribution in [0.3, 0.4) is 0 Å². The molecule has 140 valence electrons. The quantitative estimate of drug-likeness (QED) is 0.808.